The molecule has 2 rings (SSSR count). The molecule has 0 saturated carbocycles. The number of carbonyl (C=O) groups excluding carboxylic acids is 1. The zero-order chi connectivity index (χ0) is 14.5. The summed E-state index contributed by atoms with van der Waals surface area (Å²) in [5.41, 5.74) is 0.759. The van der Waals surface area contributed by atoms with E-state index in [1.165, 1.54) is 13.2 Å². The number of methoxy groups -OCH3 is 1. The van der Waals surface area contributed by atoms with Crippen LogP contribution in [0.25, 0.3) is 0 Å². The zero-order valence-corrected chi connectivity index (χ0v) is 13.2. The summed E-state index contributed by atoms with van der Waals surface area (Å²) in [6.07, 6.45) is 3.08. The molecule has 0 radical (unpaired) electrons. The number of ether oxygens (including phenoxy) is 1. The number of amides is 1. The minimum absolute atomic E-state index is 0. The molecule has 0 unspecified atom stereocenters. The predicted molar refractivity (Wildman–Crippen MR) is 82.3 cm³/mol. The van der Waals surface area contributed by atoms with Gasteiger partial charge in [-0.1, -0.05) is 12.5 Å². The average molecular weight is 317 g/mol. The van der Waals surface area contributed by atoms with E-state index in [0.717, 1.165) is 31.4 Å². The molecule has 1 aliphatic heterocycles. The molecule has 1 aromatic rings. The summed E-state index contributed by atoms with van der Waals surface area (Å²) in [5, 5.41) is 3.23. The monoisotopic (exact) mass is 316 g/mol. The molecule has 6 heteroatoms. The molecule has 4 nitrogen and oxygen atoms in total. The van der Waals surface area contributed by atoms with Gasteiger partial charge in [0, 0.05) is 13.6 Å². The number of likely N-dealkylation sites (N-methyl/N-ethyl adjacent to an activating group) is 1. The van der Waals surface area contributed by atoms with Crippen LogP contribution >= 0.6 is 12.4 Å². The largest absolute Gasteiger partial charge is 0.494 e. The standard InChI is InChI=1S/C15H21FN2O2.ClH/c1-18(15(19)13-5-3-4-8-17-13)10-11-6-7-14(20-2)12(16)9-11;/h6-7,9,13,17H,3-5,8,10H2,1-2H3;1H/t13-;/m0./s1. The van der Waals surface area contributed by atoms with Gasteiger partial charge < -0.3 is 15.0 Å². The third-order valence-corrected chi connectivity index (χ3v) is 3.62. The molecule has 1 aromatic carbocycles. The zero-order valence-electron chi connectivity index (χ0n) is 12.4. The van der Waals surface area contributed by atoms with E-state index in [1.54, 1.807) is 24.1 Å². The van der Waals surface area contributed by atoms with Gasteiger partial charge in [0.05, 0.1) is 13.2 Å². The van der Waals surface area contributed by atoms with Crippen molar-refractivity contribution in [3.63, 3.8) is 0 Å². The van der Waals surface area contributed by atoms with Crippen molar-refractivity contribution in [2.24, 2.45) is 0 Å². The number of hydrogen-bond acceptors (Lipinski definition) is 3. The van der Waals surface area contributed by atoms with Crippen LogP contribution in [0.15, 0.2) is 18.2 Å². The average Bonchev–Trinajstić information content (AvgIpc) is 2.47. The van der Waals surface area contributed by atoms with Gasteiger partial charge in [0.15, 0.2) is 11.6 Å². The lowest BCUT2D eigenvalue weighted by atomic mass is 10.0. The number of hydrogen-bond donors (Lipinski definition) is 1. The second-order valence-corrected chi connectivity index (χ2v) is 5.17. The molecule has 1 heterocycles. The third kappa shape index (κ3) is 4.58. The Hall–Kier alpha value is -1.33. The van der Waals surface area contributed by atoms with Gasteiger partial charge in [-0.15, -0.1) is 12.4 Å². The van der Waals surface area contributed by atoms with Crippen molar-refractivity contribution in [2.45, 2.75) is 31.8 Å². The van der Waals surface area contributed by atoms with Gasteiger partial charge in [-0.05, 0) is 37.1 Å². The first-order valence-corrected chi connectivity index (χ1v) is 6.92. The van der Waals surface area contributed by atoms with E-state index in [9.17, 15) is 9.18 Å². The fourth-order valence-corrected chi connectivity index (χ4v) is 2.49. The van der Waals surface area contributed by atoms with Crippen molar-refractivity contribution >= 4 is 18.3 Å². The lowest BCUT2D eigenvalue weighted by molar-refractivity contribution is -0.133. The summed E-state index contributed by atoms with van der Waals surface area (Å²) >= 11 is 0. The maximum absolute atomic E-state index is 13.6. The number of rotatable bonds is 4. The number of piperidine rings is 1. The first-order chi connectivity index (χ1) is 9.61. The Labute approximate surface area is 131 Å². The Morgan fingerprint density at radius 1 is 1.48 bits per heavy atom. The van der Waals surface area contributed by atoms with Gasteiger partial charge in [-0.2, -0.15) is 0 Å². The van der Waals surface area contributed by atoms with Gasteiger partial charge in [-0.3, -0.25) is 4.79 Å². The van der Waals surface area contributed by atoms with Gasteiger partial charge >= 0.3 is 0 Å². The minimum Gasteiger partial charge on any atom is -0.494 e. The van der Waals surface area contributed by atoms with Crippen LogP contribution in [0.1, 0.15) is 24.8 Å². The van der Waals surface area contributed by atoms with Crippen LogP contribution in [0.3, 0.4) is 0 Å². The van der Waals surface area contributed by atoms with Crippen LogP contribution in [-0.2, 0) is 11.3 Å². The number of carbonyl (C=O) groups is 1. The Morgan fingerprint density at radius 2 is 2.24 bits per heavy atom. The molecule has 0 bridgehead atoms. The van der Waals surface area contributed by atoms with Crippen molar-refractivity contribution in [2.75, 3.05) is 20.7 Å². The van der Waals surface area contributed by atoms with Crippen LogP contribution in [0.4, 0.5) is 4.39 Å². The molecule has 1 aliphatic rings. The van der Waals surface area contributed by atoms with Crippen molar-refractivity contribution in [1.29, 1.82) is 0 Å². The topological polar surface area (TPSA) is 41.6 Å². The Bertz CT molecular complexity index is 479. The van der Waals surface area contributed by atoms with E-state index in [0.29, 0.717) is 6.54 Å². The van der Waals surface area contributed by atoms with Crippen LogP contribution in [0.2, 0.25) is 0 Å². The summed E-state index contributed by atoms with van der Waals surface area (Å²) in [4.78, 5) is 13.9. The SMILES string of the molecule is COc1ccc(CN(C)C(=O)[C@@H]2CCCCN2)cc1F.Cl. The number of nitrogens with zero attached hydrogens (tertiary/aromatic N) is 1. The normalized spacial score (nSPS) is 17.8. The minimum atomic E-state index is -0.401. The lowest BCUT2D eigenvalue weighted by Gasteiger charge is -2.27. The van der Waals surface area contributed by atoms with E-state index in [2.05, 4.69) is 5.32 Å². The summed E-state index contributed by atoms with van der Waals surface area (Å²) < 4.78 is 18.5. The highest BCUT2D eigenvalue weighted by Crippen LogP contribution is 2.19. The first kappa shape index (κ1) is 17.7. The van der Waals surface area contributed by atoms with Crippen molar-refractivity contribution < 1.29 is 13.9 Å². The number of halogens is 2. The highest BCUT2D eigenvalue weighted by Gasteiger charge is 2.23. The van der Waals surface area contributed by atoms with Crippen molar-refractivity contribution in [1.82, 2.24) is 10.2 Å². The van der Waals surface area contributed by atoms with Crippen LogP contribution in [-0.4, -0.2) is 37.6 Å². The molecule has 0 aromatic heterocycles. The van der Waals surface area contributed by atoms with Crippen LogP contribution in [0.5, 0.6) is 5.75 Å². The van der Waals surface area contributed by atoms with Crippen LogP contribution < -0.4 is 10.1 Å². The van der Waals surface area contributed by atoms with E-state index in [1.807, 2.05) is 0 Å². The second-order valence-electron chi connectivity index (χ2n) is 5.17. The summed E-state index contributed by atoms with van der Waals surface area (Å²) in [6, 6.07) is 4.68. The lowest BCUT2D eigenvalue weighted by Crippen LogP contribution is -2.46. The summed E-state index contributed by atoms with van der Waals surface area (Å²) in [5.74, 6) is -0.112. The van der Waals surface area contributed by atoms with Gasteiger partial charge in [0.25, 0.3) is 0 Å². The fourth-order valence-electron chi connectivity index (χ4n) is 2.49. The third-order valence-electron chi connectivity index (χ3n) is 3.62. The van der Waals surface area contributed by atoms with E-state index in [4.69, 9.17) is 4.74 Å². The highest BCUT2D eigenvalue weighted by atomic mass is 35.5. The molecule has 1 amide bonds. The van der Waals surface area contributed by atoms with Crippen molar-refractivity contribution in [3.8, 4) is 5.75 Å². The molecule has 21 heavy (non-hydrogen) atoms. The van der Waals surface area contributed by atoms with E-state index in [-0.39, 0.29) is 30.1 Å². The molecule has 1 saturated heterocycles. The Morgan fingerprint density at radius 3 is 2.81 bits per heavy atom. The summed E-state index contributed by atoms with van der Waals surface area (Å²) in [7, 11) is 3.18. The summed E-state index contributed by atoms with van der Waals surface area (Å²) in [6.45, 7) is 1.29. The molecule has 118 valence electrons. The molecule has 0 spiro atoms. The molecular weight excluding hydrogens is 295 g/mol. The predicted octanol–water partition coefficient (Wildman–Crippen LogP) is 2.36. The van der Waals surface area contributed by atoms with E-state index < -0.39 is 5.82 Å². The first-order valence-electron chi connectivity index (χ1n) is 6.92. The molecule has 0 aliphatic carbocycles. The van der Waals surface area contributed by atoms with Gasteiger partial charge in [0.1, 0.15) is 0 Å². The second kappa shape index (κ2) is 8.20. The van der Waals surface area contributed by atoms with E-state index >= 15 is 0 Å². The Balaban J connectivity index is 0.00000220. The molecule has 1 fully saturated rings. The maximum Gasteiger partial charge on any atom is 0.239 e. The fraction of sp³-hybridized carbons (Fsp3) is 0.533. The smallest absolute Gasteiger partial charge is 0.239 e. The molecule has 1 atom stereocenters. The molecular formula is C15H22ClFN2O2. The van der Waals surface area contributed by atoms with Gasteiger partial charge in [-0.25, -0.2) is 4.39 Å². The number of benzene rings is 1. The highest BCUT2D eigenvalue weighted by molar-refractivity contribution is 5.85. The van der Waals surface area contributed by atoms with Crippen LogP contribution in [0, 0.1) is 5.82 Å². The molecule has 1 N–H and O–H groups in total. The quantitative estimate of drug-likeness (QED) is 0.927. The van der Waals surface area contributed by atoms with Crippen molar-refractivity contribution in [3.05, 3.63) is 29.6 Å². The Kier molecular flexibility index (Phi) is 6.92. The number of nitrogens with one attached hydrogen (secondary N) is 1. The van der Waals surface area contributed by atoms with Gasteiger partial charge in [0.2, 0.25) is 5.91 Å². The maximum atomic E-state index is 13.6.